The molecule has 0 bridgehead atoms. The molecule has 0 saturated heterocycles. The molecule has 3 nitrogen and oxygen atoms in total. The van der Waals surface area contributed by atoms with Gasteiger partial charge in [-0.1, -0.05) is 0 Å². The lowest BCUT2D eigenvalue weighted by molar-refractivity contribution is 0.421. The third-order valence-electron chi connectivity index (χ3n) is 2.66. The SMILES string of the molecule is CC(CCc1ccco1)NCc1ccc(I)o1. The smallest absolute Gasteiger partial charge is 0.164 e. The predicted molar refractivity (Wildman–Crippen MR) is 74.8 cm³/mol. The van der Waals surface area contributed by atoms with Gasteiger partial charge in [0.25, 0.3) is 0 Å². The van der Waals surface area contributed by atoms with Crippen LogP contribution in [-0.4, -0.2) is 6.04 Å². The third kappa shape index (κ3) is 4.20. The zero-order chi connectivity index (χ0) is 12.1. The average Bonchev–Trinajstić information content (AvgIpc) is 2.95. The van der Waals surface area contributed by atoms with E-state index in [4.69, 9.17) is 8.83 Å². The Morgan fingerprint density at radius 2 is 2.18 bits per heavy atom. The van der Waals surface area contributed by atoms with Crippen molar-refractivity contribution in [3.05, 3.63) is 45.8 Å². The highest BCUT2D eigenvalue weighted by Crippen LogP contribution is 2.10. The van der Waals surface area contributed by atoms with Crippen LogP contribution in [0.3, 0.4) is 0 Å². The summed E-state index contributed by atoms with van der Waals surface area (Å²) in [6.07, 6.45) is 3.75. The van der Waals surface area contributed by atoms with Gasteiger partial charge in [0.15, 0.2) is 3.77 Å². The van der Waals surface area contributed by atoms with E-state index in [1.807, 2.05) is 24.3 Å². The van der Waals surface area contributed by atoms with Crippen molar-refractivity contribution in [3.63, 3.8) is 0 Å². The highest BCUT2D eigenvalue weighted by Gasteiger charge is 2.05. The van der Waals surface area contributed by atoms with Crippen LogP contribution in [0.15, 0.2) is 39.4 Å². The second-order valence-corrected chi connectivity index (χ2v) is 5.17. The predicted octanol–water partition coefficient (Wildman–Crippen LogP) is 3.59. The minimum Gasteiger partial charge on any atom is -0.469 e. The molecule has 17 heavy (non-hydrogen) atoms. The first-order valence-corrected chi connectivity index (χ1v) is 6.82. The highest BCUT2D eigenvalue weighted by atomic mass is 127. The normalized spacial score (nSPS) is 12.8. The number of halogens is 1. The fourth-order valence-corrected chi connectivity index (χ4v) is 2.10. The Balaban J connectivity index is 1.69. The lowest BCUT2D eigenvalue weighted by atomic mass is 10.1. The fourth-order valence-electron chi connectivity index (χ4n) is 1.64. The van der Waals surface area contributed by atoms with Crippen molar-refractivity contribution in [1.82, 2.24) is 5.32 Å². The number of hydrogen-bond acceptors (Lipinski definition) is 3. The van der Waals surface area contributed by atoms with E-state index in [9.17, 15) is 0 Å². The molecule has 2 rings (SSSR count). The number of rotatable bonds is 6. The van der Waals surface area contributed by atoms with E-state index >= 15 is 0 Å². The molecule has 1 unspecified atom stereocenters. The molecule has 0 amide bonds. The Labute approximate surface area is 115 Å². The van der Waals surface area contributed by atoms with Crippen molar-refractivity contribution in [2.24, 2.45) is 0 Å². The molecule has 0 fully saturated rings. The number of nitrogens with one attached hydrogen (secondary N) is 1. The molecular formula is C13H16INO2. The van der Waals surface area contributed by atoms with Gasteiger partial charge >= 0.3 is 0 Å². The average molecular weight is 345 g/mol. The van der Waals surface area contributed by atoms with Crippen LogP contribution in [0.4, 0.5) is 0 Å². The maximum atomic E-state index is 5.49. The molecule has 0 radical (unpaired) electrons. The topological polar surface area (TPSA) is 38.3 Å². The number of hydrogen-bond donors (Lipinski definition) is 1. The molecule has 1 atom stereocenters. The Morgan fingerprint density at radius 3 is 2.82 bits per heavy atom. The number of aryl methyl sites for hydroxylation is 1. The molecule has 0 aliphatic heterocycles. The van der Waals surface area contributed by atoms with Crippen molar-refractivity contribution in [3.8, 4) is 0 Å². The zero-order valence-corrected chi connectivity index (χ0v) is 11.9. The molecule has 0 aromatic carbocycles. The van der Waals surface area contributed by atoms with Crippen LogP contribution in [0.2, 0.25) is 0 Å². The number of furan rings is 2. The maximum Gasteiger partial charge on any atom is 0.164 e. The van der Waals surface area contributed by atoms with E-state index in [0.717, 1.165) is 34.7 Å². The minimum absolute atomic E-state index is 0.447. The van der Waals surface area contributed by atoms with Gasteiger partial charge < -0.3 is 14.2 Å². The molecule has 92 valence electrons. The Bertz CT molecular complexity index is 436. The molecular weight excluding hydrogens is 329 g/mol. The van der Waals surface area contributed by atoms with Gasteiger partial charge in [-0.15, -0.1) is 0 Å². The molecule has 2 aromatic rings. The van der Waals surface area contributed by atoms with Crippen LogP contribution >= 0.6 is 22.6 Å². The summed E-state index contributed by atoms with van der Waals surface area (Å²) in [7, 11) is 0. The molecule has 2 heterocycles. The van der Waals surface area contributed by atoms with E-state index < -0.39 is 0 Å². The van der Waals surface area contributed by atoms with Crippen LogP contribution in [0, 0.1) is 3.77 Å². The molecule has 0 spiro atoms. The van der Waals surface area contributed by atoms with Crippen molar-refractivity contribution < 1.29 is 8.83 Å². The first kappa shape index (κ1) is 12.7. The standard InChI is InChI=1S/C13H16INO2/c1-10(4-5-11-3-2-8-16-11)15-9-12-6-7-13(14)17-12/h2-3,6-8,10,15H,4-5,9H2,1H3. The second kappa shape index (κ2) is 6.26. The monoisotopic (exact) mass is 345 g/mol. The van der Waals surface area contributed by atoms with Gasteiger partial charge in [0.05, 0.1) is 12.8 Å². The first-order chi connectivity index (χ1) is 8.24. The molecule has 2 aromatic heterocycles. The van der Waals surface area contributed by atoms with Crippen LogP contribution in [-0.2, 0) is 13.0 Å². The van der Waals surface area contributed by atoms with Crippen LogP contribution in [0.25, 0.3) is 0 Å². The van der Waals surface area contributed by atoms with Crippen molar-refractivity contribution in [1.29, 1.82) is 0 Å². The van der Waals surface area contributed by atoms with Crippen molar-refractivity contribution in [2.75, 3.05) is 0 Å². The lowest BCUT2D eigenvalue weighted by Crippen LogP contribution is -2.25. The van der Waals surface area contributed by atoms with Gasteiger partial charge in [0, 0.05) is 12.5 Å². The highest BCUT2D eigenvalue weighted by molar-refractivity contribution is 14.1. The maximum absolute atomic E-state index is 5.49. The summed E-state index contributed by atoms with van der Waals surface area (Å²) in [6.45, 7) is 2.96. The molecule has 4 heteroatoms. The van der Waals surface area contributed by atoms with Crippen LogP contribution < -0.4 is 5.32 Å². The quantitative estimate of drug-likeness (QED) is 0.814. The van der Waals surface area contributed by atoms with Gasteiger partial charge in [0.1, 0.15) is 11.5 Å². The summed E-state index contributed by atoms with van der Waals surface area (Å²) in [5.74, 6) is 2.03. The van der Waals surface area contributed by atoms with Gasteiger partial charge in [-0.25, -0.2) is 0 Å². The molecule has 0 aliphatic carbocycles. The largest absolute Gasteiger partial charge is 0.469 e. The van der Waals surface area contributed by atoms with E-state index in [0.29, 0.717) is 6.04 Å². The third-order valence-corrected chi connectivity index (χ3v) is 3.24. The summed E-state index contributed by atoms with van der Waals surface area (Å²) >= 11 is 2.17. The summed E-state index contributed by atoms with van der Waals surface area (Å²) < 4.78 is 11.7. The fraction of sp³-hybridized carbons (Fsp3) is 0.385. The van der Waals surface area contributed by atoms with Crippen LogP contribution in [0.1, 0.15) is 24.9 Å². The Kier molecular flexibility index (Phi) is 4.67. The van der Waals surface area contributed by atoms with E-state index in [-0.39, 0.29) is 0 Å². The summed E-state index contributed by atoms with van der Waals surface area (Å²) in [5.41, 5.74) is 0. The second-order valence-electron chi connectivity index (χ2n) is 4.11. The zero-order valence-electron chi connectivity index (χ0n) is 9.78. The molecule has 0 saturated carbocycles. The summed E-state index contributed by atoms with van der Waals surface area (Å²) in [5, 5.41) is 3.44. The summed E-state index contributed by atoms with van der Waals surface area (Å²) in [6, 6.07) is 8.38. The molecule has 0 aliphatic rings. The van der Waals surface area contributed by atoms with Crippen LogP contribution in [0.5, 0.6) is 0 Å². The van der Waals surface area contributed by atoms with E-state index in [1.54, 1.807) is 6.26 Å². The van der Waals surface area contributed by atoms with Gasteiger partial charge in [-0.3, -0.25) is 0 Å². The van der Waals surface area contributed by atoms with Crippen molar-refractivity contribution >= 4 is 22.6 Å². The van der Waals surface area contributed by atoms with Gasteiger partial charge in [-0.2, -0.15) is 0 Å². The van der Waals surface area contributed by atoms with E-state index in [2.05, 4.69) is 34.8 Å². The lowest BCUT2D eigenvalue weighted by Gasteiger charge is -2.11. The van der Waals surface area contributed by atoms with Crippen molar-refractivity contribution in [2.45, 2.75) is 32.4 Å². The summed E-state index contributed by atoms with van der Waals surface area (Å²) in [4.78, 5) is 0. The molecule has 1 N–H and O–H groups in total. The minimum atomic E-state index is 0.447. The Morgan fingerprint density at radius 1 is 1.29 bits per heavy atom. The Hall–Kier alpha value is -0.750. The van der Waals surface area contributed by atoms with Gasteiger partial charge in [-0.05, 0) is 60.2 Å². The first-order valence-electron chi connectivity index (χ1n) is 5.74. The van der Waals surface area contributed by atoms with Gasteiger partial charge in [0.2, 0.25) is 0 Å². The van der Waals surface area contributed by atoms with E-state index in [1.165, 1.54) is 0 Å².